The smallest absolute Gasteiger partial charge is 0.299 e. The highest BCUT2D eigenvalue weighted by atomic mass is 16.6. The first-order valence-corrected chi connectivity index (χ1v) is 7.56. The maximum Gasteiger partial charge on any atom is 0.299 e. The molecule has 128 valence electrons. The van der Waals surface area contributed by atoms with Crippen molar-refractivity contribution in [3.8, 4) is 0 Å². The van der Waals surface area contributed by atoms with Crippen molar-refractivity contribution in [3.05, 3.63) is 62.7 Å². The molecule has 0 aliphatic carbocycles. The zero-order valence-corrected chi connectivity index (χ0v) is 13.0. The molecule has 2 aromatic rings. The van der Waals surface area contributed by atoms with Crippen LogP contribution < -0.4 is 10.2 Å². The third kappa shape index (κ3) is 3.39. The quantitative estimate of drug-likeness (QED) is 0.657. The van der Waals surface area contributed by atoms with Crippen molar-refractivity contribution in [1.82, 2.24) is 0 Å². The minimum Gasteiger partial charge on any atom is -0.350 e. The van der Waals surface area contributed by atoms with Gasteiger partial charge in [-0.2, -0.15) is 0 Å². The van der Waals surface area contributed by atoms with E-state index in [4.69, 9.17) is 0 Å². The van der Waals surface area contributed by atoms with Crippen LogP contribution in [0, 0.1) is 20.2 Å². The maximum atomic E-state index is 11.7. The van der Waals surface area contributed by atoms with Gasteiger partial charge in [0.05, 0.1) is 15.9 Å². The van der Waals surface area contributed by atoms with Crippen molar-refractivity contribution in [2.45, 2.75) is 12.8 Å². The van der Waals surface area contributed by atoms with E-state index in [0.29, 0.717) is 18.7 Å². The molecule has 0 aromatic heterocycles. The van der Waals surface area contributed by atoms with Gasteiger partial charge in [-0.15, -0.1) is 0 Å². The summed E-state index contributed by atoms with van der Waals surface area (Å²) in [6.45, 7) is 0.680. The lowest BCUT2D eigenvalue weighted by Gasteiger charge is -2.16. The number of nitrogens with zero attached hydrogens (tertiary/aromatic N) is 3. The number of anilines is 3. The Balaban J connectivity index is 1.83. The van der Waals surface area contributed by atoms with Crippen molar-refractivity contribution in [2.75, 3.05) is 16.8 Å². The maximum absolute atomic E-state index is 11.7. The minimum absolute atomic E-state index is 0.0757. The van der Waals surface area contributed by atoms with Crippen molar-refractivity contribution in [3.63, 3.8) is 0 Å². The third-order valence-electron chi connectivity index (χ3n) is 3.92. The number of nitrogens with one attached hydrogen (secondary N) is 1. The van der Waals surface area contributed by atoms with Crippen molar-refractivity contribution in [2.24, 2.45) is 0 Å². The Morgan fingerprint density at radius 1 is 1.00 bits per heavy atom. The third-order valence-corrected chi connectivity index (χ3v) is 3.92. The molecule has 0 spiro atoms. The highest BCUT2D eigenvalue weighted by Gasteiger charge is 2.22. The van der Waals surface area contributed by atoms with Gasteiger partial charge in [-0.1, -0.05) is 0 Å². The molecule has 1 amide bonds. The van der Waals surface area contributed by atoms with E-state index in [0.717, 1.165) is 18.2 Å². The molecular weight excluding hydrogens is 328 g/mol. The molecule has 0 unspecified atom stereocenters. The fourth-order valence-electron chi connectivity index (χ4n) is 2.69. The summed E-state index contributed by atoms with van der Waals surface area (Å²) in [6, 6.07) is 10.3. The van der Waals surface area contributed by atoms with Crippen LogP contribution >= 0.6 is 0 Å². The molecule has 1 aliphatic rings. The van der Waals surface area contributed by atoms with E-state index in [1.54, 1.807) is 29.2 Å². The topological polar surface area (TPSA) is 119 Å². The summed E-state index contributed by atoms with van der Waals surface area (Å²) in [6.07, 6.45) is 1.36. The lowest BCUT2D eigenvalue weighted by atomic mass is 10.2. The minimum atomic E-state index is -0.682. The summed E-state index contributed by atoms with van der Waals surface area (Å²) >= 11 is 0. The fourth-order valence-corrected chi connectivity index (χ4v) is 2.69. The van der Waals surface area contributed by atoms with Gasteiger partial charge >= 0.3 is 0 Å². The lowest BCUT2D eigenvalue weighted by Crippen LogP contribution is -2.23. The molecule has 0 radical (unpaired) electrons. The zero-order valence-electron chi connectivity index (χ0n) is 13.0. The van der Waals surface area contributed by atoms with Gasteiger partial charge in [-0.3, -0.25) is 25.0 Å². The Morgan fingerprint density at radius 3 is 2.28 bits per heavy atom. The fraction of sp³-hybridized carbons (Fsp3) is 0.188. The molecule has 9 heteroatoms. The monoisotopic (exact) mass is 342 g/mol. The van der Waals surface area contributed by atoms with Crippen molar-refractivity contribution < 1.29 is 14.6 Å². The average Bonchev–Trinajstić information content (AvgIpc) is 3.01. The number of carbonyl (C=O) groups is 1. The summed E-state index contributed by atoms with van der Waals surface area (Å²) in [5, 5.41) is 24.8. The van der Waals surface area contributed by atoms with Gasteiger partial charge in [0.15, 0.2) is 0 Å². The molecule has 25 heavy (non-hydrogen) atoms. The standard InChI is InChI=1S/C16H14N4O5/c21-16-2-1-9-18(16)12-5-3-11(4-6-12)17-14-8-7-13(19(22)23)10-15(14)20(24)25/h3-8,10,17H,1-2,9H2. The first-order valence-electron chi connectivity index (χ1n) is 7.56. The molecule has 1 saturated heterocycles. The van der Waals surface area contributed by atoms with Crippen molar-refractivity contribution >= 4 is 34.3 Å². The van der Waals surface area contributed by atoms with Gasteiger partial charge in [-0.25, -0.2) is 0 Å². The van der Waals surface area contributed by atoms with E-state index in [2.05, 4.69) is 5.32 Å². The second-order valence-corrected chi connectivity index (χ2v) is 5.54. The number of rotatable bonds is 5. The summed E-state index contributed by atoms with van der Waals surface area (Å²) in [7, 11) is 0. The molecule has 0 atom stereocenters. The van der Waals surface area contributed by atoms with Crippen LogP contribution in [0.4, 0.5) is 28.4 Å². The predicted octanol–water partition coefficient (Wildman–Crippen LogP) is 3.37. The predicted molar refractivity (Wildman–Crippen MR) is 91.1 cm³/mol. The van der Waals surface area contributed by atoms with Crippen molar-refractivity contribution in [1.29, 1.82) is 0 Å². The van der Waals surface area contributed by atoms with E-state index in [1.807, 2.05) is 0 Å². The van der Waals surface area contributed by atoms with Crippen LogP contribution in [-0.2, 0) is 4.79 Å². The van der Waals surface area contributed by atoms with Crippen LogP contribution in [0.15, 0.2) is 42.5 Å². The number of nitro benzene ring substituents is 2. The zero-order chi connectivity index (χ0) is 18.0. The number of nitro groups is 2. The number of non-ortho nitro benzene ring substituents is 1. The molecule has 3 rings (SSSR count). The van der Waals surface area contributed by atoms with Gasteiger partial charge in [-0.05, 0) is 36.8 Å². The molecule has 9 nitrogen and oxygen atoms in total. The summed E-state index contributed by atoms with van der Waals surface area (Å²) < 4.78 is 0. The second kappa shape index (κ2) is 6.56. The largest absolute Gasteiger partial charge is 0.350 e. The molecule has 0 bridgehead atoms. The summed E-state index contributed by atoms with van der Waals surface area (Å²) in [4.78, 5) is 34.0. The Bertz CT molecular complexity index is 850. The van der Waals surface area contributed by atoms with Crippen LogP contribution in [-0.4, -0.2) is 22.3 Å². The Morgan fingerprint density at radius 2 is 1.72 bits per heavy atom. The van der Waals surface area contributed by atoms with Gasteiger partial charge in [0.25, 0.3) is 11.4 Å². The molecule has 2 aromatic carbocycles. The lowest BCUT2D eigenvalue weighted by molar-refractivity contribution is -0.393. The van der Waals surface area contributed by atoms with Crippen LogP contribution in [0.3, 0.4) is 0 Å². The number of hydrogen-bond acceptors (Lipinski definition) is 6. The molecule has 1 N–H and O–H groups in total. The number of amides is 1. The highest BCUT2D eigenvalue weighted by Crippen LogP contribution is 2.32. The van der Waals surface area contributed by atoms with E-state index < -0.39 is 9.85 Å². The first kappa shape index (κ1) is 16.4. The Hall–Kier alpha value is -3.49. The van der Waals surface area contributed by atoms with Gasteiger partial charge in [0, 0.05) is 30.4 Å². The molecule has 1 fully saturated rings. The summed E-state index contributed by atoms with van der Waals surface area (Å²) in [5.74, 6) is 0.0757. The number of carbonyl (C=O) groups excluding carboxylic acids is 1. The molecule has 1 aliphatic heterocycles. The van der Waals surface area contributed by atoms with E-state index >= 15 is 0 Å². The van der Waals surface area contributed by atoms with Crippen LogP contribution in [0.5, 0.6) is 0 Å². The molecule has 0 saturated carbocycles. The number of hydrogen-bond donors (Lipinski definition) is 1. The second-order valence-electron chi connectivity index (χ2n) is 5.54. The van der Waals surface area contributed by atoms with E-state index in [-0.39, 0.29) is 23.0 Å². The molecule has 1 heterocycles. The van der Waals surface area contributed by atoms with Gasteiger partial charge in [0.1, 0.15) is 5.69 Å². The average molecular weight is 342 g/mol. The Kier molecular flexibility index (Phi) is 4.29. The van der Waals surface area contributed by atoms with E-state index in [9.17, 15) is 25.0 Å². The normalized spacial score (nSPS) is 13.8. The SMILES string of the molecule is O=C1CCCN1c1ccc(Nc2ccc([N+](=O)[O-])cc2[N+](=O)[O-])cc1. The summed E-state index contributed by atoms with van der Waals surface area (Å²) in [5.41, 5.74) is 0.771. The number of benzene rings is 2. The van der Waals surface area contributed by atoms with Gasteiger partial charge in [0.2, 0.25) is 5.91 Å². The van der Waals surface area contributed by atoms with Crippen LogP contribution in [0.2, 0.25) is 0 Å². The molecular formula is C16H14N4O5. The first-order chi connectivity index (χ1) is 12.0. The van der Waals surface area contributed by atoms with Crippen LogP contribution in [0.25, 0.3) is 0 Å². The van der Waals surface area contributed by atoms with Gasteiger partial charge < -0.3 is 10.2 Å². The van der Waals surface area contributed by atoms with E-state index in [1.165, 1.54) is 12.1 Å². The highest BCUT2D eigenvalue weighted by molar-refractivity contribution is 5.95. The Labute approximate surface area is 142 Å². The van der Waals surface area contributed by atoms with Crippen LogP contribution in [0.1, 0.15) is 12.8 Å².